The van der Waals surface area contributed by atoms with Gasteiger partial charge in [0.15, 0.2) is 0 Å². The largest absolute Gasteiger partial charge is 0.331 e. The van der Waals surface area contributed by atoms with Crippen LogP contribution in [0, 0.1) is 0 Å². The SMILES string of the molecule is CNC(Cc1nc2ccccc2n1C)C(F)F. The molecular formula is C12H15F2N3. The molecule has 5 heteroatoms. The Morgan fingerprint density at radius 1 is 1.35 bits per heavy atom. The zero-order valence-corrected chi connectivity index (χ0v) is 9.82. The van der Waals surface area contributed by atoms with Crippen molar-refractivity contribution in [3.8, 4) is 0 Å². The molecule has 17 heavy (non-hydrogen) atoms. The highest BCUT2D eigenvalue weighted by molar-refractivity contribution is 5.75. The van der Waals surface area contributed by atoms with Gasteiger partial charge in [-0.25, -0.2) is 13.8 Å². The molecule has 0 radical (unpaired) electrons. The van der Waals surface area contributed by atoms with Crippen molar-refractivity contribution in [2.24, 2.45) is 7.05 Å². The minimum absolute atomic E-state index is 0.222. The zero-order valence-electron chi connectivity index (χ0n) is 9.82. The monoisotopic (exact) mass is 239 g/mol. The van der Waals surface area contributed by atoms with E-state index in [1.807, 2.05) is 35.9 Å². The Kier molecular flexibility index (Phi) is 3.38. The second-order valence-corrected chi connectivity index (χ2v) is 4.01. The molecule has 0 saturated heterocycles. The number of nitrogens with one attached hydrogen (secondary N) is 1. The van der Waals surface area contributed by atoms with Gasteiger partial charge >= 0.3 is 0 Å². The third-order valence-electron chi connectivity index (χ3n) is 2.96. The second kappa shape index (κ2) is 4.79. The van der Waals surface area contributed by atoms with Gasteiger partial charge in [-0.1, -0.05) is 12.1 Å². The number of aryl methyl sites for hydroxylation is 1. The second-order valence-electron chi connectivity index (χ2n) is 4.01. The van der Waals surface area contributed by atoms with Crippen LogP contribution in [0.15, 0.2) is 24.3 Å². The molecule has 1 N–H and O–H groups in total. The molecular weight excluding hydrogens is 224 g/mol. The molecule has 0 aliphatic heterocycles. The predicted molar refractivity (Wildman–Crippen MR) is 63.3 cm³/mol. The molecule has 1 aromatic carbocycles. The molecule has 0 bridgehead atoms. The van der Waals surface area contributed by atoms with Crippen molar-refractivity contribution in [2.45, 2.75) is 18.9 Å². The van der Waals surface area contributed by atoms with Gasteiger partial charge in [-0.15, -0.1) is 0 Å². The van der Waals surface area contributed by atoms with Crippen molar-refractivity contribution < 1.29 is 8.78 Å². The number of likely N-dealkylation sites (N-methyl/N-ethyl adjacent to an activating group) is 1. The minimum Gasteiger partial charge on any atom is -0.331 e. The van der Waals surface area contributed by atoms with E-state index in [9.17, 15) is 8.78 Å². The fourth-order valence-corrected chi connectivity index (χ4v) is 1.89. The molecule has 0 fully saturated rings. The summed E-state index contributed by atoms with van der Waals surface area (Å²) in [6.45, 7) is 0. The first-order valence-corrected chi connectivity index (χ1v) is 5.49. The van der Waals surface area contributed by atoms with Gasteiger partial charge in [0.05, 0.1) is 17.1 Å². The summed E-state index contributed by atoms with van der Waals surface area (Å²) in [5.41, 5.74) is 1.81. The fraction of sp³-hybridized carbons (Fsp3) is 0.417. The van der Waals surface area contributed by atoms with Crippen molar-refractivity contribution in [2.75, 3.05) is 7.05 Å². The number of rotatable bonds is 4. The van der Waals surface area contributed by atoms with E-state index in [1.165, 1.54) is 0 Å². The van der Waals surface area contributed by atoms with Crippen LogP contribution in [0.5, 0.6) is 0 Å². The van der Waals surface area contributed by atoms with Crippen molar-refractivity contribution in [3.63, 3.8) is 0 Å². The van der Waals surface area contributed by atoms with Gasteiger partial charge < -0.3 is 9.88 Å². The van der Waals surface area contributed by atoms with E-state index in [1.54, 1.807) is 7.05 Å². The van der Waals surface area contributed by atoms with Gasteiger partial charge in [0.1, 0.15) is 5.82 Å². The van der Waals surface area contributed by atoms with Crippen LogP contribution in [-0.4, -0.2) is 29.1 Å². The Labute approximate surface area is 98.5 Å². The highest BCUT2D eigenvalue weighted by atomic mass is 19.3. The molecule has 1 unspecified atom stereocenters. The third-order valence-corrected chi connectivity index (χ3v) is 2.96. The summed E-state index contributed by atoms with van der Waals surface area (Å²) in [5.74, 6) is 0.672. The number of para-hydroxylation sites is 2. The average molecular weight is 239 g/mol. The van der Waals surface area contributed by atoms with Gasteiger partial charge in [-0.3, -0.25) is 0 Å². The van der Waals surface area contributed by atoms with E-state index in [4.69, 9.17) is 0 Å². The first-order valence-electron chi connectivity index (χ1n) is 5.49. The molecule has 1 atom stereocenters. The van der Waals surface area contributed by atoms with E-state index in [0.29, 0.717) is 5.82 Å². The number of nitrogens with zero attached hydrogens (tertiary/aromatic N) is 2. The maximum atomic E-state index is 12.7. The van der Waals surface area contributed by atoms with E-state index >= 15 is 0 Å². The molecule has 92 valence electrons. The lowest BCUT2D eigenvalue weighted by Crippen LogP contribution is -2.35. The summed E-state index contributed by atoms with van der Waals surface area (Å²) >= 11 is 0. The standard InChI is InChI=1S/C12H15F2N3/c1-15-9(12(13)14)7-11-16-8-5-3-4-6-10(8)17(11)2/h3-6,9,12,15H,7H2,1-2H3. The molecule has 0 spiro atoms. The van der Waals surface area contributed by atoms with E-state index in [-0.39, 0.29) is 6.42 Å². The average Bonchev–Trinajstić information content (AvgIpc) is 2.63. The number of imidazole rings is 1. The third kappa shape index (κ3) is 2.29. The number of aromatic nitrogens is 2. The molecule has 0 saturated carbocycles. The van der Waals surface area contributed by atoms with Crippen LogP contribution >= 0.6 is 0 Å². The van der Waals surface area contributed by atoms with E-state index in [0.717, 1.165) is 11.0 Å². The molecule has 2 aromatic rings. The van der Waals surface area contributed by atoms with Crippen LogP contribution in [0.2, 0.25) is 0 Å². The lowest BCUT2D eigenvalue weighted by Gasteiger charge is -2.14. The van der Waals surface area contributed by atoms with Gasteiger partial charge in [-0.05, 0) is 19.2 Å². The lowest BCUT2D eigenvalue weighted by molar-refractivity contribution is 0.101. The molecule has 0 aliphatic rings. The molecule has 0 amide bonds. The Hall–Kier alpha value is -1.49. The van der Waals surface area contributed by atoms with Crippen LogP contribution in [0.25, 0.3) is 11.0 Å². The van der Waals surface area contributed by atoms with Gasteiger partial charge in [0.25, 0.3) is 6.43 Å². The van der Waals surface area contributed by atoms with Crippen molar-refractivity contribution in [1.82, 2.24) is 14.9 Å². The zero-order chi connectivity index (χ0) is 12.4. The summed E-state index contributed by atoms with van der Waals surface area (Å²) in [7, 11) is 3.39. The Balaban J connectivity index is 2.33. The molecule has 3 nitrogen and oxygen atoms in total. The van der Waals surface area contributed by atoms with Crippen LogP contribution in [-0.2, 0) is 13.5 Å². The number of hydrogen-bond acceptors (Lipinski definition) is 2. The summed E-state index contributed by atoms with van der Waals surface area (Å²) in [5, 5.41) is 2.62. The van der Waals surface area contributed by atoms with Gasteiger partial charge in [0.2, 0.25) is 0 Å². The first kappa shape index (κ1) is 12.0. The molecule has 1 aromatic heterocycles. The predicted octanol–water partition coefficient (Wildman–Crippen LogP) is 1.97. The maximum absolute atomic E-state index is 12.7. The number of alkyl halides is 2. The summed E-state index contributed by atoms with van der Waals surface area (Å²) in [6.07, 6.45) is -2.17. The van der Waals surface area contributed by atoms with Gasteiger partial charge in [-0.2, -0.15) is 0 Å². The van der Waals surface area contributed by atoms with Crippen molar-refractivity contribution in [1.29, 1.82) is 0 Å². The minimum atomic E-state index is -2.39. The topological polar surface area (TPSA) is 29.9 Å². The smallest absolute Gasteiger partial charge is 0.254 e. The highest BCUT2D eigenvalue weighted by Gasteiger charge is 2.21. The van der Waals surface area contributed by atoms with Crippen molar-refractivity contribution >= 4 is 11.0 Å². The normalized spacial score (nSPS) is 13.5. The fourth-order valence-electron chi connectivity index (χ4n) is 1.89. The number of fused-ring (bicyclic) bond motifs is 1. The summed E-state index contributed by atoms with van der Waals surface area (Å²) in [4.78, 5) is 4.37. The summed E-state index contributed by atoms with van der Waals surface area (Å²) < 4.78 is 27.2. The Morgan fingerprint density at radius 2 is 2.06 bits per heavy atom. The number of halogens is 2. The van der Waals surface area contributed by atoms with Gasteiger partial charge in [0, 0.05) is 13.5 Å². The van der Waals surface area contributed by atoms with E-state index in [2.05, 4.69) is 10.3 Å². The lowest BCUT2D eigenvalue weighted by atomic mass is 10.2. The quantitative estimate of drug-likeness (QED) is 0.884. The van der Waals surface area contributed by atoms with E-state index < -0.39 is 12.5 Å². The number of hydrogen-bond donors (Lipinski definition) is 1. The van der Waals surface area contributed by atoms with Crippen LogP contribution in [0.3, 0.4) is 0 Å². The Morgan fingerprint density at radius 3 is 2.65 bits per heavy atom. The maximum Gasteiger partial charge on any atom is 0.254 e. The van der Waals surface area contributed by atoms with Crippen LogP contribution < -0.4 is 5.32 Å². The highest BCUT2D eigenvalue weighted by Crippen LogP contribution is 2.16. The number of benzene rings is 1. The Bertz CT molecular complexity index is 507. The molecule has 2 rings (SSSR count). The van der Waals surface area contributed by atoms with Crippen LogP contribution in [0.4, 0.5) is 8.78 Å². The first-order chi connectivity index (χ1) is 8.13. The van der Waals surface area contributed by atoms with Crippen LogP contribution in [0.1, 0.15) is 5.82 Å². The molecule has 1 heterocycles. The molecule has 0 aliphatic carbocycles. The summed E-state index contributed by atoms with van der Waals surface area (Å²) in [6, 6.07) is 6.77. The van der Waals surface area contributed by atoms with Crippen molar-refractivity contribution in [3.05, 3.63) is 30.1 Å².